The summed E-state index contributed by atoms with van der Waals surface area (Å²) in [7, 11) is 0. The number of rotatable bonds is 2. The normalized spacial score (nSPS) is 11.7. The molecule has 0 aliphatic heterocycles. The molecule has 7 rings (SSSR count). The maximum Gasteiger partial charge on any atom is 0.235 e. The second kappa shape index (κ2) is 7.51. The summed E-state index contributed by atoms with van der Waals surface area (Å²) in [6, 6.07) is 37.8. The van der Waals surface area contributed by atoms with Gasteiger partial charge < -0.3 is 0 Å². The average molecular weight is 500 g/mol. The average Bonchev–Trinajstić information content (AvgIpc) is 3.24. The van der Waals surface area contributed by atoms with E-state index in [1.165, 1.54) is 21.5 Å². The Kier molecular flexibility index (Phi) is 4.29. The van der Waals surface area contributed by atoms with Gasteiger partial charge in [-0.1, -0.05) is 107 Å². The molecule has 0 saturated carbocycles. The van der Waals surface area contributed by atoms with Gasteiger partial charge in [-0.05, 0) is 23.6 Å². The highest BCUT2D eigenvalue weighted by Gasteiger charge is 2.19. The van der Waals surface area contributed by atoms with Gasteiger partial charge in [0.15, 0.2) is 0 Å². The van der Waals surface area contributed by atoms with E-state index in [9.17, 15) is 0 Å². The van der Waals surface area contributed by atoms with Crippen LogP contribution in [-0.4, -0.2) is 14.5 Å². The maximum absolute atomic E-state index is 5.19. The topological polar surface area (TPSA) is 30.7 Å². The van der Waals surface area contributed by atoms with Crippen LogP contribution in [0.2, 0.25) is 0 Å². The number of hydrogen-bond acceptors (Lipinski definition) is 2. The second-order valence-corrected chi connectivity index (χ2v) is 9.26. The third kappa shape index (κ3) is 2.82. The zero-order valence-electron chi connectivity index (χ0n) is 18.1. The molecule has 160 valence electrons. The first kappa shape index (κ1) is 19.4. The molecule has 0 radical (unpaired) electrons. The van der Waals surface area contributed by atoms with Crippen LogP contribution in [0, 0.1) is 0 Å². The van der Waals surface area contributed by atoms with Gasteiger partial charge in [-0.15, -0.1) is 0 Å². The molecule has 4 heteroatoms. The largest absolute Gasteiger partial charge is 0.277 e. The zero-order chi connectivity index (χ0) is 22.6. The van der Waals surface area contributed by atoms with E-state index in [-0.39, 0.29) is 0 Å². The van der Waals surface area contributed by atoms with Gasteiger partial charge in [-0.2, -0.15) is 0 Å². The SMILES string of the molecule is Brc1cccc2c1c1ccc3ccccc3c1n2-c1nc(-c2ccccc2)c2ccccc2n1. The van der Waals surface area contributed by atoms with Gasteiger partial charge in [0.1, 0.15) is 0 Å². The molecule has 5 aromatic carbocycles. The van der Waals surface area contributed by atoms with Gasteiger partial charge in [-0.3, -0.25) is 4.57 Å². The van der Waals surface area contributed by atoms with Crippen molar-refractivity contribution in [3.05, 3.63) is 114 Å². The Morgan fingerprint density at radius 2 is 1.35 bits per heavy atom. The Morgan fingerprint density at radius 1 is 0.588 bits per heavy atom. The smallest absolute Gasteiger partial charge is 0.235 e. The van der Waals surface area contributed by atoms with Gasteiger partial charge in [0.2, 0.25) is 5.95 Å². The predicted molar refractivity (Wildman–Crippen MR) is 145 cm³/mol. The van der Waals surface area contributed by atoms with E-state index >= 15 is 0 Å². The van der Waals surface area contributed by atoms with Crippen LogP contribution in [0.25, 0.3) is 60.7 Å². The van der Waals surface area contributed by atoms with Crippen molar-refractivity contribution in [2.24, 2.45) is 0 Å². The van der Waals surface area contributed by atoms with Gasteiger partial charge in [0, 0.05) is 31.6 Å². The lowest BCUT2D eigenvalue weighted by Crippen LogP contribution is -2.03. The number of nitrogens with zero attached hydrogens (tertiary/aromatic N) is 3. The molecule has 7 aromatic rings. The van der Waals surface area contributed by atoms with E-state index in [2.05, 4.69) is 111 Å². The summed E-state index contributed by atoms with van der Waals surface area (Å²) in [5, 5.41) is 5.77. The van der Waals surface area contributed by atoms with E-state index < -0.39 is 0 Å². The summed E-state index contributed by atoms with van der Waals surface area (Å²) in [6.07, 6.45) is 0. The lowest BCUT2D eigenvalue weighted by molar-refractivity contribution is 1.02. The van der Waals surface area contributed by atoms with Gasteiger partial charge in [-0.25, -0.2) is 9.97 Å². The van der Waals surface area contributed by atoms with Gasteiger partial charge in [0.05, 0.1) is 22.2 Å². The minimum absolute atomic E-state index is 0.673. The second-order valence-electron chi connectivity index (χ2n) is 8.41. The third-order valence-electron chi connectivity index (χ3n) is 6.46. The first-order chi connectivity index (χ1) is 16.8. The Labute approximate surface area is 204 Å². The zero-order valence-corrected chi connectivity index (χ0v) is 19.7. The highest BCUT2D eigenvalue weighted by atomic mass is 79.9. The summed E-state index contributed by atoms with van der Waals surface area (Å²) < 4.78 is 3.28. The Bertz CT molecular complexity index is 1870. The van der Waals surface area contributed by atoms with Crippen molar-refractivity contribution in [3.63, 3.8) is 0 Å². The summed E-state index contributed by atoms with van der Waals surface area (Å²) >= 11 is 3.80. The number of benzene rings is 5. The van der Waals surface area contributed by atoms with Gasteiger partial charge >= 0.3 is 0 Å². The Morgan fingerprint density at radius 3 is 2.24 bits per heavy atom. The number of hydrogen-bond donors (Lipinski definition) is 0. The van der Waals surface area contributed by atoms with E-state index in [1.54, 1.807) is 0 Å². The molecule has 0 amide bonds. The van der Waals surface area contributed by atoms with E-state index in [0.29, 0.717) is 5.95 Å². The van der Waals surface area contributed by atoms with Crippen molar-refractivity contribution in [1.82, 2.24) is 14.5 Å². The molecule has 0 unspecified atom stereocenters. The van der Waals surface area contributed by atoms with Crippen molar-refractivity contribution in [1.29, 1.82) is 0 Å². The Balaban J connectivity index is 1.69. The van der Waals surface area contributed by atoms with Gasteiger partial charge in [0.25, 0.3) is 0 Å². The number of fused-ring (bicyclic) bond motifs is 6. The molecule has 0 saturated heterocycles. The van der Waals surface area contributed by atoms with Crippen LogP contribution in [0.4, 0.5) is 0 Å². The molecule has 0 fully saturated rings. The summed E-state index contributed by atoms with van der Waals surface area (Å²) in [5.74, 6) is 0.673. The quantitative estimate of drug-likeness (QED) is 0.239. The fraction of sp³-hybridized carbons (Fsp3) is 0. The van der Waals surface area contributed by atoms with E-state index in [1.807, 2.05) is 18.2 Å². The molecule has 34 heavy (non-hydrogen) atoms. The van der Waals surface area contributed by atoms with Crippen LogP contribution >= 0.6 is 15.9 Å². The molecule has 0 N–H and O–H groups in total. The standard InChI is InChI=1S/C30H18BrN3/c31-24-14-8-16-26-27(24)23-18-17-19-9-4-5-12-21(19)29(23)34(26)30-32-25-15-7-6-13-22(25)28(33-30)20-10-2-1-3-11-20/h1-18H. The molecule has 2 aromatic heterocycles. The lowest BCUT2D eigenvalue weighted by Gasteiger charge is -2.12. The minimum Gasteiger partial charge on any atom is -0.277 e. The lowest BCUT2D eigenvalue weighted by atomic mass is 10.1. The molecule has 3 nitrogen and oxygen atoms in total. The van der Waals surface area contributed by atoms with Crippen molar-refractivity contribution in [2.75, 3.05) is 0 Å². The van der Waals surface area contributed by atoms with Crippen LogP contribution < -0.4 is 0 Å². The fourth-order valence-corrected chi connectivity index (χ4v) is 5.54. The molecule has 0 atom stereocenters. The Hall–Kier alpha value is -4.02. The molecule has 0 aliphatic rings. The summed E-state index contributed by atoms with van der Waals surface area (Å²) in [4.78, 5) is 10.3. The van der Waals surface area contributed by atoms with Crippen molar-refractivity contribution < 1.29 is 0 Å². The number of halogens is 1. The molecule has 2 heterocycles. The first-order valence-electron chi connectivity index (χ1n) is 11.2. The van der Waals surface area contributed by atoms with Crippen LogP contribution in [0.15, 0.2) is 114 Å². The van der Waals surface area contributed by atoms with Crippen LogP contribution in [0.5, 0.6) is 0 Å². The number of aromatic nitrogens is 3. The van der Waals surface area contributed by atoms with E-state index in [4.69, 9.17) is 9.97 Å². The van der Waals surface area contributed by atoms with Crippen LogP contribution in [-0.2, 0) is 0 Å². The van der Waals surface area contributed by atoms with Crippen LogP contribution in [0.1, 0.15) is 0 Å². The van der Waals surface area contributed by atoms with Crippen LogP contribution in [0.3, 0.4) is 0 Å². The van der Waals surface area contributed by atoms with E-state index in [0.717, 1.165) is 37.7 Å². The summed E-state index contributed by atoms with van der Waals surface area (Å²) in [5.41, 5.74) is 5.14. The monoisotopic (exact) mass is 499 g/mol. The number of para-hydroxylation sites is 1. The van der Waals surface area contributed by atoms with Crippen molar-refractivity contribution in [3.8, 4) is 17.2 Å². The minimum atomic E-state index is 0.673. The van der Waals surface area contributed by atoms with Crippen molar-refractivity contribution in [2.45, 2.75) is 0 Å². The molecular weight excluding hydrogens is 482 g/mol. The fourth-order valence-electron chi connectivity index (χ4n) is 4.97. The molecule has 0 aliphatic carbocycles. The third-order valence-corrected chi connectivity index (χ3v) is 7.13. The van der Waals surface area contributed by atoms with Crippen molar-refractivity contribution >= 4 is 59.4 Å². The molecule has 0 bridgehead atoms. The predicted octanol–water partition coefficient (Wildman–Crippen LogP) is 8.31. The maximum atomic E-state index is 5.19. The molecular formula is C30H18BrN3. The first-order valence-corrected chi connectivity index (χ1v) is 12.0. The molecule has 0 spiro atoms. The highest BCUT2D eigenvalue weighted by molar-refractivity contribution is 9.10. The highest BCUT2D eigenvalue weighted by Crippen LogP contribution is 2.39. The summed E-state index contributed by atoms with van der Waals surface area (Å²) in [6.45, 7) is 0.